The predicted molar refractivity (Wildman–Crippen MR) is 116 cm³/mol. The third-order valence-corrected chi connectivity index (χ3v) is 7.06. The second kappa shape index (κ2) is 9.27. The Bertz CT molecular complexity index is 982. The van der Waals surface area contributed by atoms with Gasteiger partial charge in [-0.1, -0.05) is 49.2 Å². The molecule has 5 nitrogen and oxygen atoms in total. The summed E-state index contributed by atoms with van der Waals surface area (Å²) in [4.78, 5) is 13.1. The molecule has 0 saturated heterocycles. The van der Waals surface area contributed by atoms with Gasteiger partial charge in [0.15, 0.2) is 0 Å². The summed E-state index contributed by atoms with van der Waals surface area (Å²) in [7, 11) is -3.38. The van der Waals surface area contributed by atoms with Crippen LogP contribution in [0.2, 0.25) is 0 Å². The molecule has 0 aromatic heterocycles. The van der Waals surface area contributed by atoms with Gasteiger partial charge in [-0.05, 0) is 55.5 Å². The van der Waals surface area contributed by atoms with Crippen molar-refractivity contribution in [3.8, 4) is 0 Å². The summed E-state index contributed by atoms with van der Waals surface area (Å²) in [6.07, 6.45) is 3.30. The third kappa shape index (κ3) is 5.46. The van der Waals surface area contributed by atoms with Crippen molar-refractivity contribution in [3.05, 3.63) is 71.0 Å². The standard InChI is InChI=1S/C23H29FN2O3S/c1-17(2)26-30(28,29)16-19-10-8-18(9-11-19)15-25-22(27)23(12-3-4-13-23)20-6-5-7-21(24)14-20/h5-11,14,17,26H,3-4,12-13,15-16H2,1-2H3,(H,25,27). The number of carbonyl (C=O) groups is 1. The van der Waals surface area contributed by atoms with Crippen molar-refractivity contribution in [2.45, 2.75) is 63.3 Å². The molecule has 3 rings (SSSR count). The van der Waals surface area contributed by atoms with Gasteiger partial charge in [0.1, 0.15) is 5.82 Å². The Morgan fingerprint density at radius 3 is 2.30 bits per heavy atom. The number of sulfonamides is 1. The molecule has 2 N–H and O–H groups in total. The van der Waals surface area contributed by atoms with Crippen LogP contribution in [0.4, 0.5) is 4.39 Å². The van der Waals surface area contributed by atoms with Gasteiger partial charge in [0.2, 0.25) is 15.9 Å². The average Bonchev–Trinajstić information content (AvgIpc) is 3.17. The molecule has 0 unspecified atom stereocenters. The van der Waals surface area contributed by atoms with E-state index in [9.17, 15) is 17.6 Å². The fourth-order valence-electron chi connectivity index (χ4n) is 4.14. The van der Waals surface area contributed by atoms with Crippen molar-refractivity contribution in [2.24, 2.45) is 0 Å². The van der Waals surface area contributed by atoms with Gasteiger partial charge in [-0.3, -0.25) is 4.79 Å². The maximum Gasteiger partial charge on any atom is 0.230 e. The van der Waals surface area contributed by atoms with Crippen molar-refractivity contribution >= 4 is 15.9 Å². The van der Waals surface area contributed by atoms with Gasteiger partial charge in [0.05, 0.1) is 11.2 Å². The van der Waals surface area contributed by atoms with E-state index in [-0.39, 0.29) is 23.5 Å². The van der Waals surface area contributed by atoms with E-state index in [0.29, 0.717) is 24.9 Å². The van der Waals surface area contributed by atoms with E-state index in [1.165, 1.54) is 12.1 Å². The van der Waals surface area contributed by atoms with Crippen LogP contribution in [0.3, 0.4) is 0 Å². The summed E-state index contributed by atoms with van der Waals surface area (Å²) >= 11 is 0. The molecule has 30 heavy (non-hydrogen) atoms. The highest BCUT2D eigenvalue weighted by Gasteiger charge is 2.42. The number of nitrogens with one attached hydrogen (secondary N) is 2. The van der Waals surface area contributed by atoms with Crippen molar-refractivity contribution in [1.29, 1.82) is 0 Å². The van der Waals surface area contributed by atoms with Crippen LogP contribution in [0.1, 0.15) is 56.2 Å². The summed E-state index contributed by atoms with van der Waals surface area (Å²) in [5.41, 5.74) is 1.62. The second-order valence-corrected chi connectivity index (χ2v) is 10.1. The fraction of sp³-hybridized carbons (Fsp3) is 0.435. The van der Waals surface area contributed by atoms with Gasteiger partial charge >= 0.3 is 0 Å². The first kappa shape index (κ1) is 22.4. The van der Waals surface area contributed by atoms with E-state index < -0.39 is 15.4 Å². The Kier molecular flexibility index (Phi) is 6.93. The fourth-order valence-corrected chi connectivity index (χ4v) is 5.57. The molecule has 1 saturated carbocycles. The molecule has 0 radical (unpaired) electrons. The Morgan fingerprint density at radius 1 is 1.07 bits per heavy atom. The number of rotatable bonds is 8. The molecule has 0 aliphatic heterocycles. The molecule has 2 aromatic carbocycles. The zero-order valence-electron chi connectivity index (χ0n) is 17.4. The molecule has 7 heteroatoms. The molecule has 1 fully saturated rings. The van der Waals surface area contributed by atoms with Crippen molar-refractivity contribution < 1.29 is 17.6 Å². The number of amides is 1. The lowest BCUT2D eigenvalue weighted by atomic mass is 9.78. The number of hydrogen-bond acceptors (Lipinski definition) is 3. The highest BCUT2D eigenvalue weighted by atomic mass is 32.2. The smallest absolute Gasteiger partial charge is 0.230 e. The molecule has 1 amide bonds. The van der Waals surface area contributed by atoms with Gasteiger partial charge in [-0.15, -0.1) is 0 Å². The zero-order chi connectivity index (χ0) is 21.8. The van der Waals surface area contributed by atoms with Crippen molar-refractivity contribution in [1.82, 2.24) is 10.0 Å². The number of carbonyl (C=O) groups excluding carboxylic acids is 1. The number of benzene rings is 2. The molecule has 0 spiro atoms. The van der Waals surface area contributed by atoms with Gasteiger partial charge in [-0.25, -0.2) is 17.5 Å². The lowest BCUT2D eigenvalue weighted by Gasteiger charge is -2.28. The highest BCUT2D eigenvalue weighted by molar-refractivity contribution is 7.88. The van der Waals surface area contributed by atoms with E-state index in [2.05, 4.69) is 10.0 Å². The van der Waals surface area contributed by atoms with Crippen molar-refractivity contribution in [2.75, 3.05) is 0 Å². The summed E-state index contributed by atoms with van der Waals surface area (Å²) in [5.74, 6) is -0.497. The Hall–Kier alpha value is -2.25. The minimum Gasteiger partial charge on any atom is -0.351 e. The summed E-state index contributed by atoms with van der Waals surface area (Å²) in [6, 6.07) is 13.4. The molecule has 0 heterocycles. The van der Waals surface area contributed by atoms with Crippen LogP contribution in [0.15, 0.2) is 48.5 Å². The van der Waals surface area contributed by atoms with Crippen LogP contribution in [-0.2, 0) is 32.5 Å². The summed E-state index contributed by atoms with van der Waals surface area (Å²) < 4.78 is 40.4. The first-order valence-corrected chi connectivity index (χ1v) is 12.0. The maximum atomic E-state index is 13.8. The summed E-state index contributed by atoms with van der Waals surface area (Å²) in [5, 5.41) is 3.00. The van der Waals surface area contributed by atoms with Crippen LogP contribution in [0, 0.1) is 5.82 Å². The normalized spacial score (nSPS) is 16.0. The van der Waals surface area contributed by atoms with E-state index in [4.69, 9.17) is 0 Å². The first-order chi connectivity index (χ1) is 14.2. The molecular weight excluding hydrogens is 403 g/mol. The maximum absolute atomic E-state index is 13.8. The first-order valence-electron chi connectivity index (χ1n) is 10.3. The molecule has 2 aromatic rings. The monoisotopic (exact) mass is 432 g/mol. The quantitative estimate of drug-likeness (QED) is 0.667. The van der Waals surface area contributed by atoms with Gasteiger partial charge in [0.25, 0.3) is 0 Å². The molecule has 0 bridgehead atoms. The van der Waals surface area contributed by atoms with Gasteiger partial charge in [-0.2, -0.15) is 0 Å². The largest absolute Gasteiger partial charge is 0.351 e. The van der Waals surface area contributed by atoms with Crippen LogP contribution in [0.5, 0.6) is 0 Å². The topological polar surface area (TPSA) is 75.3 Å². The second-order valence-electron chi connectivity index (χ2n) is 8.33. The minimum atomic E-state index is -3.38. The Balaban J connectivity index is 1.65. The molecule has 1 aliphatic carbocycles. The number of halogens is 1. The number of hydrogen-bond donors (Lipinski definition) is 2. The van der Waals surface area contributed by atoms with Crippen LogP contribution < -0.4 is 10.0 Å². The Labute approximate surface area is 178 Å². The molecule has 0 atom stereocenters. The lowest BCUT2D eigenvalue weighted by Crippen LogP contribution is -2.42. The predicted octanol–water partition coefficient (Wildman–Crippen LogP) is 3.78. The van der Waals surface area contributed by atoms with Crippen molar-refractivity contribution in [3.63, 3.8) is 0 Å². The minimum absolute atomic E-state index is 0.0828. The third-order valence-electron chi connectivity index (χ3n) is 5.52. The van der Waals surface area contributed by atoms with E-state index in [0.717, 1.165) is 24.0 Å². The molecular formula is C23H29FN2O3S. The average molecular weight is 433 g/mol. The molecule has 1 aliphatic rings. The van der Waals surface area contributed by atoms with E-state index in [1.54, 1.807) is 32.0 Å². The Morgan fingerprint density at radius 2 is 1.70 bits per heavy atom. The highest BCUT2D eigenvalue weighted by Crippen LogP contribution is 2.41. The van der Waals surface area contributed by atoms with Gasteiger partial charge < -0.3 is 5.32 Å². The summed E-state index contributed by atoms with van der Waals surface area (Å²) in [6.45, 7) is 3.90. The lowest BCUT2D eigenvalue weighted by molar-refractivity contribution is -0.126. The zero-order valence-corrected chi connectivity index (χ0v) is 18.3. The van der Waals surface area contributed by atoms with E-state index >= 15 is 0 Å². The SMILES string of the molecule is CC(C)NS(=O)(=O)Cc1ccc(CNC(=O)C2(c3cccc(F)c3)CCCC2)cc1. The van der Waals surface area contributed by atoms with Crippen LogP contribution in [-0.4, -0.2) is 20.4 Å². The molecule has 162 valence electrons. The van der Waals surface area contributed by atoms with E-state index in [1.807, 2.05) is 18.2 Å². The van der Waals surface area contributed by atoms with Crippen LogP contribution >= 0.6 is 0 Å². The van der Waals surface area contributed by atoms with Crippen LogP contribution in [0.25, 0.3) is 0 Å². The van der Waals surface area contributed by atoms with Gasteiger partial charge in [0, 0.05) is 12.6 Å².